The van der Waals surface area contributed by atoms with Gasteiger partial charge in [0.05, 0.1) is 6.61 Å². The van der Waals surface area contributed by atoms with E-state index >= 15 is 0 Å². The molecule has 4 N–H and O–H groups in total. The summed E-state index contributed by atoms with van der Waals surface area (Å²) < 4.78 is 0. The molecule has 0 saturated heterocycles. The molecule has 1 aromatic carbocycles. The Balaban J connectivity index is 2.38. The van der Waals surface area contributed by atoms with Gasteiger partial charge in [0.25, 0.3) is 0 Å². The summed E-state index contributed by atoms with van der Waals surface area (Å²) in [7, 11) is 0. The average molecular weight is 205 g/mol. The van der Waals surface area contributed by atoms with Crippen molar-refractivity contribution in [3.05, 3.63) is 41.5 Å². The lowest BCUT2D eigenvalue weighted by Gasteiger charge is -2.01. The van der Waals surface area contributed by atoms with Crippen LogP contribution in [0.2, 0.25) is 0 Å². The molecule has 4 heteroatoms. The zero-order valence-electron chi connectivity index (χ0n) is 8.66. The predicted molar refractivity (Wildman–Crippen MR) is 61.2 cm³/mol. The first-order chi connectivity index (χ1) is 7.20. The second kappa shape index (κ2) is 5.82. The average Bonchev–Trinajstić information content (AvgIpc) is 2.20. The lowest BCUT2D eigenvalue weighted by Crippen LogP contribution is -2.30. The molecule has 0 radical (unpaired) electrons. The van der Waals surface area contributed by atoms with Gasteiger partial charge in [0.1, 0.15) is 0 Å². The Morgan fingerprint density at radius 2 is 2.27 bits per heavy atom. The summed E-state index contributed by atoms with van der Waals surface area (Å²) in [6.07, 6.45) is 3.83. The van der Waals surface area contributed by atoms with Crippen molar-refractivity contribution in [2.24, 2.45) is 5.73 Å². The van der Waals surface area contributed by atoms with Gasteiger partial charge < -0.3 is 5.73 Å². The van der Waals surface area contributed by atoms with E-state index in [9.17, 15) is 0 Å². The van der Waals surface area contributed by atoms with Crippen LogP contribution in [0.15, 0.2) is 30.3 Å². The van der Waals surface area contributed by atoms with E-state index in [2.05, 4.69) is 5.48 Å². The molecule has 15 heavy (non-hydrogen) atoms. The van der Waals surface area contributed by atoms with Gasteiger partial charge in [-0.1, -0.05) is 36.4 Å². The molecule has 0 saturated carbocycles. The number of aryl methyl sites for hydroxylation is 1. The van der Waals surface area contributed by atoms with Gasteiger partial charge in [-0.3, -0.25) is 10.2 Å². The molecule has 0 unspecified atom stereocenters. The van der Waals surface area contributed by atoms with Gasteiger partial charge in [0.15, 0.2) is 0 Å². The quantitative estimate of drug-likeness (QED) is 0.301. The van der Waals surface area contributed by atoms with Crippen molar-refractivity contribution in [1.29, 1.82) is 5.41 Å². The molecule has 0 atom stereocenters. The van der Waals surface area contributed by atoms with Crippen LogP contribution in [0.3, 0.4) is 0 Å². The van der Waals surface area contributed by atoms with Crippen LogP contribution in [0.5, 0.6) is 0 Å². The van der Waals surface area contributed by atoms with E-state index in [4.69, 9.17) is 16.0 Å². The highest BCUT2D eigenvalue weighted by Crippen LogP contribution is 2.08. The third-order valence-electron chi connectivity index (χ3n) is 1.85. The third-order valence-corrected chi connectivity index (χ3v) is 1.85. The molecule has 0 aromatic heterocycles. The second-order valence-corrected chi connectivity index (χ2v) is 3.09. The Bertz CT molecular complexity index is 361. The van der Waals surface area contributed by atoms with Gasteiger partial charge in [-0.25, -0.2) is 5.48 Å². The minimum atomic E-state index is -0.195. The number of benzene rings is 1. The molecular formula is C11H15N3O. The van der Waals surface area contributed by atoms with Gasteiger partial charge in [-0.2, -0.15) is 0 Å². The van der Waals surface area contributed by atoms with E-state index in [-0.39, 0.29) is 5.96 Å². The van der Waals surface area contributed by atoms with Crippen LogP contribution in [-0.2, 0) is 4.84 Å². The fourth-order valence-electron chi connectivity index (χ4n) is 1.12. The van der Waals surface area contributed by atoms with Gasteiger partial charge >= 0.3 is 0 Å². The molecular weight excluding hydrogens is 190 g/mol. The smallest absolute Gasteiger partial charge is 0.210 e. The Hall–Kier alpha value is -1.81. The van der Waals surface area contributed by atoms with Crippen molar-refractivity contribution in [2.75, 3.05) is 6.61 Å². The number of rotatable bonds is 4. The van der Waals surface area contributed by atoms with E-state index in [1.54, 1.807) is 0 Å². The molecule has 0 amide bonds. The zero-order valence-corrected chi connectivity index (χ0v) is 8.66. The summed E-state index contributed by atoms with van der Waals surface area (Å²) >= 11 is 0. The zero-order chi connectivity index (χ0) is 11.1. The fourth-order valence-corrected chi connectivity index (χ4v) is 1.12. The molecule has 0 spiro atoms. The summed E-state index contributed by atoms with van der Waals surface area (Å²) in [4.78, 5) is 4.87. The van der Waals surface area contributed by atoms with Crippen molar-refractivity contribution in [3.8, 4) is 0 Å². The van der Waals surface area contributed by atoms with Crippen molar-refractivity contribution in [1.82, 2.24) is 5.48 Å². The summed E-state index contributed by atoms with van der Waals surface area (Å²) in [6, 6.07) is 8.07. The van der Waals surface area contributed by atoms with Gasteiger partial charge in [-0.15, -0.1) is 0 Å². The molecule has 4 nitrogen and oxygen atoms in total. The van der Waals surface area contributed by atoms with E-state index in [0.29, 0.717) is 6.61 Å². The van der Waals surface area contributed by atoms with Crippen molar-refractivity contribution in [2.45, 2.75) is 6.92 Å². The number of nitrogens with two attached hydrogens (primary N) is 1. The highest BCUT2D eigenvalue weighted by Gasteiger charge is 1.90. The number of guanidine groups is 1. The summed E-state index contributed by atoms with van der Waals surface area (Å²) in [6.45, 7) is 2.42. The maximum Gasteiger partial charge on any atom is 0.210 e. The van der Waals surface area contributed by atoms with Gasteiger partial charge in [0.2, 0.25) is 5.96 Å². The largest absolute Gasteiger partial charge is 0.368 e. The van der Waals surface area contributed by atoms with Gasteiger partial charge in [0, 0.05) is 0 Å². The van der Waals surface area contributed by atoms with E-state index < -0.39 is 0 Å². The number of hydrogen-bond donors (Lipinski definition) is 3. The molecule has 1 rings (SSSR count). The first-order valence-electron chi connectivity index (χ1n) is 4.64. The maximum absolute atomic E-state index is 6.85. The van der Waals surface area contributed by atoms with Crippen molar-refractivity contribution >= 4 is 12.0 Å². The van der Waals surface area contributed by atoms with E-state index in [0.717, 1.165) is 5.56 Å². The minimum absolute atomic E-state index is 0.195. The second-order valence-electron chi connectivity index (χ2n) is 3.09. The van der Waals surface area contributed by atoms with E-state index in [1.807, 2.05) is 43.3 Å². The van der Waals surface area contributed by atoms with Crippen LogP contribution < -0.4 is 11.2 Å². The highest BCUT2D eigenvalue weighted by atomic mass is 16.6. The summed E-state index contributed by atoms with van der Waals surface area (Å²) in [5, 5.41) is 6.85. The fraction of sp³-hybridized carbons (Fsp3) is 0.182. The molecule has 0 heterocycles. The van der Waals surface area contributed by atoms with Crippen LogP contribution >= 0.6 is 0 Å². The predicted octanol–water partition coefficient (Wildman–Crippen LogP) is 1.42. The molecule has 1 aromatic rings. The minimum Gasteiger partial charge on any atom is -0.368 e. The normalized spacial score (nSPS) is 10.5. The van der Waals surface area contributed by atoms with Crippen LogP contribution in [0.25, 0.3) is 6.08 Å². The molecule has 0 aliphatic heterocycles. The topological polar surface area (TPSA) is 71.1 Å². The first-order valence-corrected chi connectivity index (χ1v) is 4.64. The van der Waals surface area contributed by atoms with Crippen LogP contribution in [0.1, 0.15) is 11.1 Å². The Morgan fingerprint density at radius 1 is 1.53 bits per heavy atom. The van der Waals surface area contributed by atoms with Crippen LogP contribution in [0.4, 0.5) is 0 Å². The number of nitrogens with one attached hydrogen (secondary N) is 2. The van der Waals surface area contributed by atoms with Crippen LogP contribution in [-0.4, -0.2) is 12.6 Å². The Kier molecular flexibility index (Phi) is 4.37. The molecule has 0 aliphatic rings. The van der Waals surface area contributed by atoms with Crippen LogP contribution in [0, 0.1) is 12.3 Å². The number of hydroxylamine groups is 1. The molecule has 80 valence electrons. The summed E-state index contributed by atoms with van der Waals surface area (Å²) in [5.74, 6) is -0.195. The number of hydrogen-bond acceptors (Lipinski definition) is 2. The highest BCUT2D eigenvalue weighted by molar-refractivity contribution is 5.72. The monoisotopic (exact) mass is 205 g/mol. The maximum atomic E-state index is 6.85. The van der Waals surface area contributed by atoms with Crippen molar-refractivity contribution < 1.29 is 4.84 Å². The van der Waals surface area contributed by atoms with Gasteiger partial charge in [-0.05, 0) is 18.1 Å². The summed E-state index contributed by atoms with van der Waals surface area (Å²) in [5.41, 5.74) is 9.66. The lowest BCUT2D eigenvalue weighted by molar-refractivity contribution is 0.109. The Labute approximate surface area is 89.2 Å². The molecule has 0 bridgehead atoms. The molecule has 0 fully saturated rings. The molecule has 0 aliphatic carbocycles. The lowest BCUT2D eigenvalue weighted by atomic mass is 10.1. The first kappa shape index (κ1) is 11.3. The third kappa shape index (κ3) is 4.28. The van der Waals surface area contributed by atoms with Crippen molar-refractivity contribution in [3.63, 3.8) is 0 Å². The SMILES string of the molecule is Cc1ccccc1C=CCONC(=N)N. The Morgan fingerprint density at radius 3 is 2.93 bits per heavy atom. The van der Waals surface area contributed by atoms with E-state index in [1.165, 1.54) is 5.56 Å². The standard InChI is InChI=1S/C11H15N3O/c1-9-5-2-3-6-10(9)7-4-8-15-14-11(12)13/h2-7H,8H2,1H3,(H4,12,13,14).